The van der Waals surface area contributed by atoms with Gasteiger partial charge in [0.15, 0.2) is 0 Å². The molecule has 0 heterocycles. The molecular weight excluding hydrogens is 188 g/mol. The molecule has 0 saturated carbocycles. The lowest BCUT2D eigenvalue weighted by Crippen LogP contribution is -0.382. The van der Waals surface area contributed by atoms with Crippen LogP contribution in [0.2, 0.25) is 0 Å². The summed E-state index contributed by atoms with van der Waals surface area (Å²) >= 11 is 0. The maximum atomic E-state index is 0. The Labute approximate surface area is 63.4 Å². The van der Waals surface area contributed by atoms with E-state index >= 15 is 0 Å². The SMILES string of the molecule is F.F.F.F.[SiH4].[SiH4].[SiH4].[SiH4]. The van der Waals surface area contributed by atoms with Gasteiger partial charge in [-0.3, -0.25) is 18.8 Å². The van der Waals surface area contributed by atoms with E-state index in [1.807, 2.05) is 0 Å². The third kappa shape index (κ3) is 596. The zero-order valence-electron chi connectivity index (χ0n) is 1.63. The molecule has 0 rings (SSSR count). The molecule has 0 unspecified atom stereocenters. The average molecular weight is 208 g/mol. The summed E-state index contributed by atoms with van der Waals surface area (Å²) in [6.45, 7) is 0. The van der Waals surface area contributed by atoms with E-state index in [9.17, 15) is 0 Å². The fourth-order valence-corrected chi connectivity index (χ4v) is 0. The lowest BCUT2D eigenvalue weighted by molar-refractivity contribution is 1.11. The largest absolute Gasteiger partial charge is 0.269 e. The van der Waals surface area contributed by atoms with Gasteiger partial charge in [-0.25, -0.2) is 0 Å². The number of hydrogen-bond donors (Lipinski definition) is 0. The standard InChI is InChI=1S/4FH.4H4Si/h4*1H;4*1H4. The number of hydrogen-bond acceptors (Lipinski definition) is 0. The molecule has 0 radical (unpaired) electrons. The van der Waals surface area contributed by atoms with E-state index < -0.39 is 0 Å². The summed E-state index contributed by atoms with van der Waals surface area (Å²) in [5.41, 5.74) is 0. The Balaban J connectivity index is 0. The van der Waals surface area contributed by atoms with Crippen LogP contribution >= 0.6 is 0 Å². The smallest absolute Gasteiger partial charge is 0.0149 e. The molecule has 0 aromatic rings. The summed E-state index contributed by atoms with van der Waals surface area (Å²) in [5.74, 6) is 0. The summed E-state index contributed by atoms with van der Waals surface area (Å²) in [7, 11) is 0. The van der Waals surface area contributed by atoms with Crippen LogP contribution in [0.25, 0.3) is 0 Å². The molecule has 0 nitrogen and oxygen atoms in total. The quantitative estimate of drug-likeness (QED) is 0.276. The molecule has 0 amide bonds. The maximum absolute atomic E-state index is 0. The zero-order valence-corrected chi connectivity index (χ0v) is 1.63. The summed E-state index contributed by atoms with van der Waals surface area (Å²) in [4.78, 5) is 0. The highest BCUT2D eigenvalue weighted by Crippen LogP contribution is 0.423. The first-order valence-electron chi connectivity index (χ1n) is 0. The van der Waals surface area contributed by atoms with Crippen LogP contribution in [0.15, 0.2) is 0 Å². The third-order valence-corrected chi connectivity index (χ3v) is 0. The zero-order chi connectivity index (χ0) is 0. The fraction of sp³-hybridized carbons (Fsp3) is 0. The molecule has 0 aliphatic rings. The molecule has 0 aliphatic carbocycles. The number of rotatable bonds is 0. The minimum absolute atomic E-state index is 0. The van der Waals surface area contributed by atoms with E-state index in [2.05, 4.69) is 0 Å². The van der Waals surface area contributed by atoms with Crippen molar-refractivity contribution in [3.8, 4) is 0 Å². The summed E-state index contributed by atoms with van der Waals surface area (Å²) in [6.07, 6.45) is 0. The Hall–Kier alpha value is 0.588. The van der Waals surface area contributed by atoms with Gasteiger partial charge in [-0.1, -0.05) is 0 Å². The van der Waals surface area contributed by atoms with Gasteiger partial charge in [-0.15, -0.1) is 0 Å². The molecule has 0 fully saturated rings. The molecular formula is H20F4Si4. The topological polar surface area (TPSA) is 0 Å². The fourth-order valence-electron chi connectivity index (χ4n) is 0. The van der Waals surface area contributed by atoms with Gasteiger partial charge in [-0.2, -0.15) is 0 Å². The van der Waals surface area contributed by atoms with E-state index in [-0.39, 0.29) is 62.7 Å². The Morgan fingerprint density at radius 1 is 0.250 bits per heavy atom. The Morgan fingerprint density at radius 3 is 0.250 bits per heavy atom. The molecule has 0 atom stereocenters. The van der Waals surface area contributed by atoms with Crippen molar-refractivity contribution in [2.75, 3.05) is 0 Å². The highest BCUT2D eigenvalue weighted by atomic mass is 28.1. The molecule has 0 aromatic heterocycles. The minimum atomic E-state index is 0. The molecule has 0 bridgehead atoms. The predicted octanol–water partition coefficient (Wildman–Crippen LogP) is -5.20. The average Bonchev–Trinajstić information content (AvgIpc) is 0. The van der Waals surface area contributed by atoms with Crippen LogP contribution in [-0.4, -0.2) is 43.9 Å². The Bertz CT molecular complexity index is 8.00. The van der Waals surface area contributed by atoms with Crippen molar-refractivity contribution in [2.24, 2.45) is 0 Å². The minimum Gasteiger partial charge on any atom is -0.269 e. The van der Waals surface area contributed by atoms with Crippen LogP contribution in [0.3, 0.4) is 0 Å². The van der Waals surface area contributed by atoms with E-state index in [4.69, 9.17) is 0 Å². The van der Waals surface area contributed by atoms with Crippen molar-refractivity contribution in [3.05, 3.63) is 0 Å². The monoisotopic (exact) mass is 208 g/mol. The van der Waals surface area contributed by atoms with Crippen LogP contribution in [0.5, 0.6) is 0 Å². The lowest BCUT2D eigenvalue weighted by Gasteiger charge is -0.270. The first-order chi connectivity index (χ1) is 0. The first kappa shape index (κ1) is 1430. The lowest BCUT2D eigenvalue weighted by atomic mass is 19.0. The van der Waals surface area contributed by atoms with Gasteiger partial charge in [0.1, 0.15) is 0 Å². The Kier molecular flexibility index (Phi) is 171000. The third-order valence-electron chi connectivity index (χ3n) is 0. The summed E-state index contributed by atoms with van der Waals surface area (Å²) in [5, 5.41) is 0. The Morgan fingerprint density at radius 2 is 0.250 bits per heavy atom. The molecule has 0 aromatic carbocycles. The van der Waals surface area contributed by atoms with Gasteiger partial charge in [0.2, 0.25) is 0 Å². The summed E-state index contributed by atoms with van der Waals surface area (Å²) in [6, 6.07) is 0. The maximum Gasteiger partial charge on any atom is -0.0149 e. The molecule has 0 saturated heterocycles. The van der Waals surface area contributed by atoms with Crippen LogP contribution in [0.1, 0.15) is 0 Å². The molecule has 0 spiro atoms. The first-order valence-corrected chi connectivity index (χ1v) is 0. The van der Waals surface area contributed by atoms with Gasteiger partial charge in [-0.05, 0) is 43.9 Å². The second kappa shape index (κ2) is 954. The predicted molar refractivity (Wildman–Crippen MR) is 55.3 cm³/mol. The van der Waals surface area contributed by atoms with E-state index in [0.29, 0.717) is 0 Å². The second-order valence-corrected chi connectivity index (χ2v) is 0. The van der Waals surface area contributed by atoms with Gasteiger partial charge in [0.05, 0.1) is 0 Å². The van der Waals surface area contributed by atoms with Crippen LogP contribution < -0.4 is 0 Å². The van der Waals surface area contributed by atoms with Gasteiger partial charge >= 0.3 is 0 Å². The highest BCUT2D eigenvalue weighted by Gasteiger charge is -0.0118. The van der Waals surface area contributed by atoms with Crippen molar-refractivity contribution in [1.29, 1.82) is 0 Å². The van der Waals surface area contributed by atoms with Crippen molar-refractivity contribution in [1.82, 2.24) is 0 Å². The van der Waals surface area contributed by atoms with E-state index in [0.717, 1.165) is 0 Å². The van der Waals surface area contributed by atoms with Crippen LogP contribution in [0, 0.1) is 0 Å². The van der Waals surface area contributed by atoms with Crippen molar-refractivity contribution in [3.63, 3.8) is 0 Å². The molecule has 0 aliphatic heterocycles. The molecule has 64 valence electrons. The normalized spacial score (nSPS) is 0. The van der Waals surface area contributed by atoms with Crippen LogP contribution in [0.4, 0.5) is 18.8 Å². The number of halogens is 4. The molecule has 8 heavy (non-hydrogen) atoms. The van der Waals surface area contributed by atoms with E-state index in [1.165, 1.54) is 0 Å². The summed E-state index contributed by atoms with van der Waals surface area (Å²) < 4.78 is 0. The molecule has 8 heteroatoms. The second-order valence-electron chi connectivity index (χ2n) is 0. The van der Waals surface area contributed by atoms with Crippen LogP contribution in [-0.2, 0) is 0 Å². The highest BCUT2D eigenvalue weighted by molar-refractivity contribution is 5.76. The van der Waals surface area contributed by atoms with Gasteiger partial charge in [0.25, 0.3) is 0 Å². The van der Waals surface area contributed by atoms with Crippen molar-refractivity contribution >= 4 is 43.9 Å². The molecule has 0 N–H and O–H groups in total. The van der Waals surface area contributed by atoms with Crippen molar-refractivity contribution < 1.29 is 18.8 Å². The van der Waals surface area contributed by atoms with E-state index in [1.54, 1.807) is 0 Å². The van der Waals surface area contributed by atoms with Gasteiger partial charge in [0, 0.05) is 0 Å². The van der Waals surface area contributed by atoms with Gasteiger partial charge < -0.3 is 0 Å². The van der Waals surface area contributed by atoms with Crippen molar-refractivity contribution in [2.45, 2.75) is 0 Å².